The zero-order chi connectivity index (χ0) is 15.3. The quantitative estimate of drug-likeness (QED) is 0.596. The summed E-state index contributed by atoms with van der Waals surface area (Å²) in [5.74, 6) is 0. The first-order valence-electron chi connectivity index (χ1n) is 5.86. The molecule has 1 heterocycles. The van der Waals surface area contributed by atoms with E-state index in [9.17, 15) is 5.11 Å². The normalized spacial score (nSPS) is 12.8. The lowest BCUT2D eigenvalue weighted by molar-refractivity contribution is -2.00. The standard InChI is InChI=1S/C13H16NO.ClHO4/c1-10-7-8-14(9-11(2)15)13-6-4-3-5-12(10)13;2-1(3,4)5/h3-8,11,15H,9H2,1-2H3;(H,2,3,4,5)/q+1;/p-1. The van der Waals surface area contributed by atoms with Gasteiger partial charge in [-0.2, -0.15) is 4.57 Å². The van der Waals surface area contributed by atoms with Crippen molar-refractivity contribution < 1.29 is 38.6 Å². The van der Waals surface area contributed by atoms with Crippen molar-refractivity contribution in [3.63, 3.8) is 0 Å². The van der Waals surface area contributed by atoms with Crippen LogP contribution in [0.1, 0.15) is 12.5 Å². The Bertz CT molecular complexity index is 562. The fraction of sp³-hybridized carbons (Fsp3) is 0.308. The summed E-state index contributed by atoms with van der Waals surface area (Å²) < 4.78 is 36.1. The van der Waals surface area contributed by atoms with Gasteiger partial charge in [0.25, 0.3) is 0 Å². The molecule has 110 valence electrons. The lowest BCUT2D eigenvalue weighted by Gasteiger charge is -2.17. The Morgan fingerprint density at radius 3 is 2.25 bits per heavy atom. The van der Waals surface area contributed by atoms with Gasteiger partial charge in [-0.05, 0) is 25.5 Å². The van der Waals surface area contributed by atoms with Crippen molar-refractivity contribution in [1.82, 2.24) is 0 Å². The number of nitrogens with zero attached hydrogens (tertiary/aromatic N) is 1. The van der Waals surface area contributed by atoms with Gasteiger partial charge in [0, 0.05) is 17.5 Å². The van der Waals surface area contributed by atoms with Crippen LogP contribution >= 0.6 is 0 Å². The number of halogens is 1. The second kappa shape index (κ2) is 6.94. The highest BCUT2D eigenvalue weighted by Crippen LogP contribution is 2.13. The van der Waals surface area contributed by atoms with E-state index in [4.69, 9.17) is 18.6 Å². The van der Waals surface area contributed by atoms with E-state index < -0.39 is 10.2 Å². The zero-order valence-electron chi connectivity index (χ0n) is 11.2. The second-order valence-electron chi connectivity index (χ2n) is 4.40. The molecule has 1 N–H and O–H groups in total. The van der Waals surface area contributed by atoms with Crippen molar-refractivity contribution in [3.05, 3.63) is 42.1 Å². The molecule has 7 heteroatoms. The van der Waals surface area contributed by atoms with E-state index in [-0.39, 0.29) is 6.10 Å². The summed E-state index contributed by atoms with van der Waals surface area (Å²) in [5.41, 5.74) is 2.45. The summed E-state index contributed by atoms with van der Waals surface area (Å²) in [4.78, 5) is 0. The molecule has 1 unspecified atom stereocenters. The van der Waals surface area contributed by atoms with Crippen molar-refractivity contribution in [2.24, 2.45) is 0 Å². The van der Waals surface area contributed by atoms with Gasteiger partial charge in [-0.25, -0.2) is 18.6 Å². The molecular weight excluding hydrogens is 286 g/mol. The van der Waals surface area contributed by atoms with Crippen LogP contribution in [-0.4, -0.2) is 11.2 Å². The van der Waals surface area contributed by atoms with Crippen molar-refractivity contribution in [1.29, 1.82) is 0 Å². The van der Waals surface area contributed by atoms with Gasteiger partial charge in [-0.3, -0.25) is 0 Å². The van der Waals surface area contributed by atoms with E-state index in [1.165, 1.54) is 16.5 Å². The molecule has 2 aromatic rings. The summed E-state index contributed by atoms with van der Waals surface area (Å²) in [6.45, 7) is 4.55. The van der Waals surface area contributed by atoms with Crippen molar-refractivity contribution in [2.75, 3.05) is 0 Å². The average molecular weight is 302 g/mol. The first kappa shape index (κ1) is 16.8. The predicted molar refractivity (Wildman–Crippen MR) is 60.6 cm³/mol. The maximum atomic E-state index is 9.41. The van der Waals surface area contributed by atoms with Crippen LogP contribution in [-0.2, 0) is 6.54 Å². The summed E-state index contributed by atoms with van der Waals surface area (Å²) in [6.07, 6.45) is 1.71. The Morgan fingerprint density at radius 2 is 1.70 bits per heavy atom. The molecule has 0 saturated carbocycles. The molecule has 0 bridgehead atoms. The predicted octanol–water partition coefficient (Wildman–Crippen LogP) is -2.94. The highest BCUT2D eigenvalue weighted by Gasteiger charge is 2.11. The number of para-hydroxylation sites is 1. The monoisotopic (exact) mass is 301 g/mol. The van der Waals surface area contributed by atoms with Crippen LogP contribution in [0.2, 0.25) is 0 Å². The molecule has 0 aliphatic carbocycles. The maximum Gasteiger partial charge on any atom is 0.212 e. The molecule has 0 spiro atoms. The number of aliphatic hydroxyl groups is 1. The fourth-order valence-corrected chi connectivity index (χ4v) is 1.87. The molecule has 0 aliphatic rings. The lowest BCUT2D eigenvalue weighted by atomic mass is 10.1. The van der Waals surface area contributed by atoms with Gasteiger partial charge in [0.05, 0.1) is 0 Å². The minimum atomic E-state index is -4.94. The molecule has 0 fully saturated rings. The van der Waals surface area contributed by atoms with Crippen molar-refractivity contribution >= 4 is 10.9 Å². The van der Waals surface area contributed by atoms with Crippen molar-refractivity contribution in [3.8, 4) is 0 Å². The van der Waals surface area contributed by atoms with Crippen LogP contribution in [0.25, 0.3) is 10.9 Å². The van der Waals surface area contributed by atoms with E-state index in [1.54, 1.807) is 0 Å². The molecule has 20 heavy (non-hydrogen) atoms. The maximum absolute atomic E-state index is 9.41. The van der Waals surface area contributed by atoms with Gasteiger partial charge in [0.2, 0.25) is 5.52 Å². The number of fused-ring (bicyclic) bond motifs is 1. The number of aromatic nitrogens is 1. The lowest BCUT2D eigenvalue weighted by Crippen LogP contribution is -2.68. The Morgan fingerprint density at radius 1 is 1.15 bits per heavy atom. The molecule has 0 radical (unpaired) electrons. The summed E-state index contributed by atoms with van der Waals surface area (Å²) in [7, 11) is -4.94. The van der Waals surface area contributed by atoms with E-state index >= 15 is 0 Å². The molecular formula is C13H16ClNO5. The van der Waals surface area contributed by atoms with Crippen molar-refractivity contribution in [2.45, 2.75) is 26.5 Å². The number of hydrogen-bond donors (Lipinski definition) is 1. The molecule has 1 atom stereocenters. The molecule has 6 nitrogen and oxygen atoms in total. The Hall–Kier alpha value is -1.28. The smallest absolute Gasteiger partial charge is 0.212 e. The van der Waals surface area contributed by atoms with E-state index in [0.29, 0.717) is 6.54 Å². The molecule has 0 amide bonds. The van der Waals surface area contributed by atoms with E-state index in [0.717, 1.165) is 0 Å². The largest absolute Gasteiger partial charge is 0.387 e. The molecule has 1 aromatic heterocycles. The fourth-order valence-electron chi connectivity index (χ4n) is 1.87. The summed E-state index contributed by atoms with van der Waals surface area (Å²) in [5, 5.41) is 10.7. The number of rotatable bonds is 2. The Kier molecular flexibility index (Phi) is 5.82. The Balaban J connectivity index is 0.000000347. The zero-order valence-corrected chi connectivity index (χ0v) is 11.9. The molecule has 1 aromatic carbocycles. The third kappa shape index (κ3) is 5.79. The highest BCUT2D eigenvalue weighted by atomic mass is 35.7. The van der Waals surface area contributed by atoms with Crippen LogP contribution in [0, 0.1) is 17.2 Å². The SMILES string of the molecule is Cc1cc[n+](CC(C)O)c2ccccc12.[O-][Cl+3]([O-])([O-])[O-]. The number of pyridine rings is 1. The number of aliphatic hydroxyl groups excluding tert-OH is 1. The highest BCUT2D eigenvalue weighted by molar-refractivity contribution is 5.78. The first-order chi connectivity index (χ1) is 9.18. The van der Waals surface area contributed by atoms with Gasteiger partial charge in [0.15, 0.2) is 12.7 Å². The van der Waals surface area contributed by atoms with Gasteiger partial charge < -0.3 is 5.11 Å². The molecule has 0 saturated heterocycles. The van der Waals surface area contributed by atoms with Gasteiger partial charge in [-0.15, -0.1) is 10.2 Å². The van der Waals surface area contributed by atoms with Crippen LogP contribution < -0.4 is 23.2 Å². The second-order valence-corrected chi connectivity index (χ2v) is 5.15. The number of benzene rings is 1. The van der Waals surface area contributed by atoms with Gasteiger partial charge in [-0.1, -0.05) is 12.1 Å². The van der Waals surface area contributed by atoms with Crippen LogP contribution in [0.3, 0.4) is 0 Å². The third-order valence-corrected chi connectivity index (χ3v) is 2.60. The minimum Gasteiger partial charge on any atom is -0.387 e. The van der Waals surface area contributed by atoms with E-state index in [2.05, 4.69) is 29.7 Å². The van der Waals surface area contributed by atoms with Crippen LogP contribution in [0.15, 0.2) is 36.5 Å². The van der Waals surface area contributed by atoms with Crippen LogP contribution in [0.4, 0.5) is 0 Å². The molecule has 2 rings (SSSR count). The molecule has 0 aliphatic heterocycles. The number of hydrogen-bond acceptors (Lipinski definition) is 5. The average Bonchev–Trinajstić information content (AvgIpc) is 2.31. The third-order valence-electron chi connectivity index (χ3n) is 2.60. The summed E-state index contributed by atoms with van der Waals surface area (Å²) >= 11 is 0. The van der Waals surface area contributed by atoms with Crippen LogP contribution in [0.5, 0.6) is 0 Å². The van der Waals surface area contributed by atoms with Gasteiger partial charge in [0.1, 0.15) is 6.10 Å². The van der Waals surface area contributed by atoms with Gasteiger partial charge >= 0.3 is 0 Å². The Labute approximate surface area is 118 Å². The minimum absolute atomic E-state index is 0.318. The number of aryl methyl sites for hydroxylation is 1. The van der Waals surface area contributed by atoms with E-state index in [1.807, 2.05) is 25.3 Å². The first-order valence-corrected chi connectivity index (χ1v) is 7.09. The topological polar surface area (TPSA) is 116 Å². The summed E-state index contributed by atoms with van der Waals surface area (Å²) in [6, 6.07) is 10.4.